The number of carbonyl (C=O) groups excluding carboxylic acids is 1. The van der Waals surface area contributed by atoms with Gasteiger partial charge in [-0.15, -0.1) is 12.4 Å². The summed E-state index contributed by atoms with van der Waals surface area (Å²) in [6.07, 6.45) is 0.174. The van der Waals surface area contributed by atoms with Crippen molar-refractivity contribution in [1.29, 1.82) is 0 Å². The van der Waals surface area contributed by atoms with Crippen LogP contribution in [0, 0.1) is 0 Å². The zero-order valence-corrected chi connectivity index (χ0v) is 12.9. The molecule has 1 aromatic rings. The van der Waals surface area contributed by atoms with Gasteiger partial charge in [0.25, 0.3) is 0 Å². The van der Waals surface area contributed by atoms with E-state index in [1.165, 1.54) is 7.11 Å². The lowest BCUT2D eigenvalue weighted by Gasteiger charge is -2.12. The number of rotatable bonds is 7. The van der Waals surface area contributed by atoms with E-state index in [4.69, 9.17) is 15.2 Å². The largest absolute Gasteiger partial charge is 0.383 e. The van der Waals surface area contributed by atoms with E-state index in [-0.39, 0.29) is 31.0 Å². The maximum Gasteiger partial charge on any atom is 0.243 e. The average Bonchev–Trinajstić information content (AvgIpc) is 2.37. The highest BCUT2D eigenvalue weighted by atomic mass is 35.5. The van der Waals surface area contributed by atoms with Crippen molar-refractivity contribution >= 4 is 24.0 Å². The monoisotopic (exact) mass is 302 g/mol. The van der Waals surface area contributed by atoms with Crippen molar-refractivity contribution in [2.24, 2.45) is 5.73 Å². The van der Waals surface area contributed by atoms with E-state index in [0.29, 0.717) is 12.3 Å². The maximum absolute atomic E-state index is 11.7. The predicted octanol–water partition coefficient (Wildman–Crippen LogP) is 1.95. The van der Waals surface area contributed by atoms with Crippen molar-refractivity contribution in [2.75, 3.05) is 19.0 Å². The Kier molecular flexibility index (Phi) is 9.16. The number of halogens is 1. The summed E-state index contributed by atoms with van der Waals surface area (Å²) in [5.41, 5.74) is 7.37. The Hall–Kier alpha value is -1.14. The van der Waals surface area contributed by atoms with Crippen LogP contribution in [0.15, 0.2) is 24.3 Å². The van der Waals surface area contributed by atoms with Gasteiger partial charge in [0.2, 0.25) is 5.91 Å². The van der Waals surface area contributed by atoms with Crippen LogP contribution in [0.3, 0.4) is 0 Å². The fraction of sp³-hybridized carbons (Fsp3) is 0.500. The molecule has 1 amide bonds. The number of amides is 1. The van der Waals surface area contributed by atoms with E-state index in [9.17, 15) is 4.79 Å². The molecule has 5 nitrogen and oxygen atoms in total. The zero-order chi connectivity index (χ0) is 14.3. The molecule has 20 heavy (non-hydrogen) atoms. The molecular formula is C14H23ClN2O3. The predicted molar refractivity (Wildman–Crippen MR) is 82.1 cm³/mol. The number of nitrogens with one attached hydrogen (secondary N) is 1. The Morgan fingerprint density at radius 2 is 2.10 bits per heavy atom. The second-order valence-electron chi connectivity index (χ2n) is 4.61. The number of ether oxygens (including phenoxy) is 2. The molecule has 1 unspecified atom stereocenters. The lowest BCUT2D eigenvalue weighted by Crippen LogP contribution is -2.39. The fourth-order valence-electron chi connectivity index (χ4n) is 1.49. The SMILES string of the molecule is COCC(N)C(=O)Nc1cccc(COC(C)C)c1.Cl. The van der Waals surface area contributed by atoms with Crippen LogP contribution in [0.5, 0.6) is 0 Å². The van der Waals surface area contributed by atoms with Gasteiger partial charge in [-0.25, -0.2) is 0 Å². The molecule has 0 spiro atoms. The van der Waals surface area contributed by atoms with E-state index in [2.05, 4.69) is 5.32 Å². The average molecular weight is 303 g/mol. The van der Waals surface area contributed by atoms with Crippen LogP contribution in [-0.2, 0) is 20.9 Å². The number of hydrogen-bond acceptors (Lipinski definition) is 4. The van der Waals surface area contributed by atoms with Crippen LogP contribution in [0.2, 0.25) is 0 Å². The summed E-state index contributed by atoms with van der Waals surface area (Å²) in [6, 6.07) is 6.85. The van der Waals surface area contributed by atoms with Crippen LogP contribution in [0.1, 0.15) is 19.4 Å². The number of nitrogens with two attached hydrogens (primary N) is 1. The molecule has 0 heterocycles. The molecule has 1 atom stereocenters. The number of hydrogen-bond donors (Lipinski definition) is 2. The highest BCUT2D eigenvalue weighted by molar-refractivity contribution is 5.94. The first-order valence-corrected chi connectivity index (χ1v) is 6.29. The van der Waals surface area contributed by atoms with Gasteiger partial charge >= 0.3 is 0 Å². The van der Waals surface area contributed by atoms with Crippen molar-refractivity contribution in [3.8, 4) is 0 Å². The first-order valence-electron chi connectivity index (χ1n) is 6.29. The molecule has 0 aliphatic heterocycles. The van der Waals surface area contributed by atoms with E-state index >= 15 is 0 Å². The molecule has 6 heteroatoms. The van der Waals surface area contributed by atoms with Crippen LogP contribution < -0.4 is 11.1 Å². The molecule has 1 rings (SSSR count). The Morgan fingerprint density at radius 1 is 1.40 bits per heavy atom. The van der Waals surface area contributed by atoms with Gasteiger partial charge in [0.05, 0.1) is 19.3 Å². The summed E-state index contributed by atoms with van der Waals surface area (Å²) in [7, 11) is 1.51. The summed E-state index contributed by atoms with van der Waals surface area (Å²) in [5.74, 6) is -0.260. The minimum absolute atomic E-state index is 0. The molecule has 0 radical (unpaired) electrons. The number of benzene rings is 1. The molecule has 114 valence electrons. The first kappa shape index (κ1) is 18.9. The van der Waals surface area contributed by atoms with Crippen LogP contribution >= 0.6 is 12.4 Å². The molecule has 0 saturated heterocycles. The van der Waals surface area contributed by atoms with Crippen molar-refractivity contribution in [1.82, 2.24) is 0 Å². The van der Waals surface area contributed by atoms with Gasteiger partial charge < -0.3 is 20.5 Å². The van der Waals surface area contributed by atoms with Crippen molar-refractivity contribution < 1.29 is 14.3 Å². The highest BCUT2D eigenvalue weighted by Gasteiger charge is 2.13. The molecular weight excluding hydrogens is 280 g/mol. The molecule has 0 saturated carbocycles. The van der Waals surface area contributed by atoms with Gasteiger partial charge in [0.1, 0.15) is 6.04 Å². The molecule has 0 aliphatic carbocycles. The molecule has 0 aliphatic rings. The third-order valence-electron chi connectivity index (χ3n) is 2.46. The normalized spacial score (nSPS) is 11.8. The van der Waals surface area contributed by atoms with Gasteiger partial charge in [-0.2, -0.15) is 0 Å². The number of carbonyl (C=O) groups is 1. The summed E-state index contributed by atoms with van der Waals surface area (Å²) >= 11 is 0. The minimum Gasteiger partial charge on any atom is -0.383 e. The van der Waals surface area contributed by atoms with Crippen LogP contribution in [-0.4, -0.2) is 31.8 Å². The maximum atomic E-state index is 11.7. The quantitative estimate of drug-likeness (QED) is 0.807. The van der Waals surface area contributed by atoms with Gasteiger partial charge in [0.15, 0.2) is 0 Å². The Morgan fingerprint density at radius 3 is 2.70 bits per heavy atom. The second kappa shape index (κ2) is 9.72. The Bertz CT molecular complexity index is 413. The lowest BCUT2D eigenvalue weighted by atomic mass is 10.2. The van der Waals surface area contributed by atoms with Crippen molar-refractivity contribution in [3.63, 3.8) is 0 Å². The van der Waals surface area contributed by atoms with Gasteiger partial charge in [-0.05, 0) is 31.5 Å². The zero-order valence-electron chi connectivity index (χ0n) is 12.1. The third-order valence-corrected chi connectivity index (χ3v) is 2.46. The summed E-state index contributed by atoms with van der Waals surface area (Å²) in [6.45, 7) is 4.68. The second-order valence-corrected chi connectivity index (χ2v) is 4.61. The highest BCUT2D eigenvalue weighted by Crippen LogP contribution is 2.12. The summed E-state index contributed by atoms with van der Waals surface area (Å²) in [4.78, 5) is 11.7. The minimum atomic E-state index is -0.666. The van der Waals surface area contributed by atoms with E-state index in [0.717, 1.165) is 5.56 Å². The van der Waals surface area contributed by atoms with Gasteiger partial charge in [-0.3, -0.25) is 4.79 Å². The summed E-state index contributed by atoms with van der Waals surface area (Å²) < 4.78 is 10.4. The smallest absolute Gasteiger partial charge is 0.243 e. The van der Waals surface area contributed by atoms with Gasteiger partial charge in [-0.1, -0.05) is 12.1 Å². The summed E-state index contributed by atoms with van der Waals surface area (Å²) in [5, 5.41) is 2.76. The molecule has 0 fully saturated rings. The van der Waals surface area contributed by atoms with E-state index in [1.807, 2.05) is 38.1 Å². The number of methoxy groups -OCH3 is 1. The molecule has 1 aromatic carbocycles. The van der Waals surface area contributed by atoms with Crippen molar-refractivity contribution in [2.45, 2.75) is 32.6 Å². The topological polar surface area (TPSA) is 73.6 Å². The van der Waals surface area contributed by atoms with E-state index < -0.39 is 6.04 Å². The van der Waals surface area contributed by atoms with Crippen LogP contribution in [0.4, 0.5) is 5.69 Å². The standard InChI is InChI=1S/C14H22N2O3.ClH/c1-10(2)19-8-11-5-4-6-12(7-11)16-14(17)13(15)9-18-3;/h4-7,10,13H,8-9,15H2,1-3H3,(H,16,17);1H. The molecule has 0 aromatic heterocycles. The first-order chi connectivity index (χ1) is 9.02. The van der Waals surface area contributed by atoms with Gasteiger partial charge in [0, 0.05) is 12.8 Å². The molecule has 0 bridgehead atoms. The Labute approximate surface area is 126 Å². The van der Waals surface area contributed by atoms with Crippen LogP contribution in [0.25, 0.3) is 0 Å². The van der Waals surface area contributed by atoms with Crippen molar-refractivity contribution in [3.05, 3.63) is 29.8 Å². The van der Waals surface area contributed by atoms with E-state index in [1.54, 1.807) is 0 Å². The third kappa shape index (κ3) is 6.86. The molecule has 3 N–H and O–H groups in total. The number of anilines is 1. The lowest BCUT2D eigenvalue weighted by molar-refractivity contribution is -0.118. The fourth-order valence-corrected chi connectivity index (χ4v) is 1.49. The Balaban J connectivity index is 0.00000361.